The van der Waals surface area contributed by atoms with Crippen LogP contribution in [0.25, 0.3) is 0 Å². The molecule has 5 nitrogen and oxygen atoms in total. The number of carboxylic acids is 1. The summed E-state index contributed by atoms with van der Waals surface area (Å²) in [5.74, 6) is -0.827. The molecule has 0 fully saturated rings. The molecule has 0 aliphatic rings. The zero-order chi connectivity index (χ0) is 11.4. The Bertz CT molecular complexity index is 411. The maximum Gasteiger partial charge on any atom is 0.323 e. The van der Waals surface area contributed by atoms with Crippen LogP contribution in [0.15, 0.2) is 17.2 Å². The third-order valence-electron chi connectivity index (χ3n) is 2.32. The maximum atomic E-state index is 11.5. The lowest BCUT2D eigenvalue weighted by molar-refractivity contribution is -0.137. The molecule has 5 heteroatoms. The Morgan fingerprint density at radius 2 is 2.33 bits per heavy atom. The minimum atomic E-state index is -1.05. The first-order valence-electron chi connectivity index (χ1n) is 4.82. The van der Waals surface area contributed by atoms with Crippen molar-refractivity contribution in [3.63, 3.8) is 0 Å². The maximum absolute atomic E-state index is 11.5. The fraction of sp³-hybridized carbons (Fsp3) is 0.500. The molecular formula is C10H14N2O3. The van der Waals surface area contributed by atoms with Crippen molar-refractivity contribution >= 4 is 5.97 Å². The van der Waals surface area contributed by atoms with Crippen molar-refractivity contribution in [1.29, 1.82) is 0 Å². The molecule has 0 amide bonds. The van der Waals surface area contributed by atoms with E-state index in [1.54, 1.807) is 0 Å². The second-order valence-corrected chi connectivity index (χ2v) is 3.48. The lowest BCUT2D eigenvalue weighted by Gasteiger charge is -2.08. The first-order chi connectivity index (χ1) is 7.04. The molecule has 1 aromatic heterocycles. The number of aromatic nitrogens is 2. The summed E-state index contributed by atoms with van der Waals surface area (Å²) in [5.41, 5.74) is 0.395. The Morgan fingerprint density at radius 3 is 2.80 bits per heavy atom. The van der Waals surface area contributed by atoms with Gasteiger partial charge in [-0.3, -0.25) is 14.2 Å². The van der Waals surface area contributed by atoms with Crippen molar-refractivity contribution in [2.75, 3.05) is 0 Å². The van der Waals surface area contributed by atoms with Gasteiger partial charge in [-0.1, -0.05) is 13.8 Å². The van der Waals surface area contributed by atoms with Crippen LogP contribution >= 0.6 is 0 Å². The summed E-state index contributed by atoms with van der Waals surface area (Å²) in [7, 11) is 0. The van der Waals surface area contributed by atoms with Crippen molar-refractivity contribution in [1.82, 2.24) is 9.55 Å². The molecule has 1 atom stereocenters. The SMILES string of the molecule is CC[C@H](C)c1cc(=O)n(CC(=O)O)cn1. The van der Waals surface area contributed by atoms with Gasteiger partial charge in [0.05, 0.1) is 12.0 Å². The first kappa shape index (κ1) is 11.4. The quantitative estimate of drug-likeness (QED) is 0.799. The van der Waals surface area contributed by atoms with E-state index in [0.29, 0.717) is 5.69 Å². The van der Waals surface area contributed by atoms with Crippen LogP contribution in [-0.4, -0.2) is 20.6 Å². The second kappa shape index (κ2) is 4.72. The lowest BCUT2D eigenvalue weighted by Crippen LogP contribution is -2.24. The molecular weight excluding hydrogens is 196 g/mol. The van der Waals surface area contributed by atoms with Gasteiger partial charge in [0.15, 0.2) is 0 Å². The summed E-state index contributed by atoms with van der Waals surface area (Å²) < 4.78 is 1.08. The minimum Gasteiger partial charge on any atom is -0.480 e. The Kier molecular flexibility index (Phi) is 3.60. The molecule has 1 rings (SSSR count). The smallest absolute Gasteiger partial charge is 0.323 e. The molecule has 0 spiro atoms. The largest absolute Gasteiger partial charge is 0.480 e. The highest BCUT2D eigenvalue weighted by Crippen LogP contribution is 2.13. The summed E-state index contributed by atoms with van der Waals surface area (Å²) in [5, 5.41) is 8.53. The standard InChI is InChI=1S/C10H14N2O3/c1-3-7(2)8-4-9(13)12(6-11-8)5-10(14)15/h4,6-7H,3,5H2,1-2H3,(H,14,15)/t7-/m0/s1. The van der Waals surface area contributed by atoms with E-state index in [2.05, 4.69) is 4.98 Å². The highest BCUT2D eigenvalue weighted by Gasteiger charge is 2.07. The van der Waals surface area contributed by atoms with Gasteiger partial charge in [-0.2, -0.15) is 0 Å². The molecule has 0 saturated carbocycles. The predicted octanol–water partition coefficient (Wildman–Crippen LogP) is 0.841. The van der Waals surface area contributed by atoms with Crippen molar-refractivity contribution in [2.45, 2.75) is 32.7 Å². The molecule has 0 aliphatic carbocycles. The van der Waals surface area contributed by atoms with Crippen LogP contribution in [0.2, 0.25) is 0 Å². The molecule has 0 aromatic carbocycles. The van der Waals surface area contributed by atoms with Crippen LogP contribution in [-0.2, 0) is 11.3 Å². The van der Waals surface area contributed by atoms with Gasteiger partial charge in [0.25, 0.3) is 5.56 Å². The zero-order valence-electron chi connectivity index (χ0n) is 8.80. The number of hydrogen-bond acceptors (Lipinski definition) is 3. The van der Waals surface area contributed by atoms with E-state index in [4.69, 9.17) is 5.11 Å². The van der Waals surface area contributed by atoms with E-state index in [-0.39, 0.29) is 18.0 Å². The highest BCUT2D eigenvalue weighted by molar-refractivity contribution is 5.66. The van der Waals surface area contributed by atoms with Gasteiger partial charge < -0.3 is 5.11 Å². The van der Waals surface area contributed by atoms with Crippen molar-refractivity contribution in [2.24, 2.45) is 0 Å². The Morgan fingerprint density at radius 1 is 1.67 bits per heavy atom. The molecule has 0 aliphatic heterocycles. The number of carboxylic acid groups (broad SMARTS) is 1. The summed E-state index contributed by atoms with van der Waals surface area (Å²) in [4.78, 5) is 25.9. The van der Waals surface area contributed by atoms with Gasteiger partial charge in [-0.15, -0.1) is 0 Å². The summed E-state index contributed by atoms with van der Waals surface area (Å²) in [6, 6.07) is 1.40. The van der Waals surface area contributed by atoms with Crippen LogP contribution in [0.5, 0.6) is 0 Å². The fourth-order valence-electron chi connectivity index (χ4n) is 1.18. The third-order valence-corrected chi connectivity index (χ3v) is 2.32. The number of aliphatic carboxylic acids is 1. The zero-order valence-corrected chi connectivity index (χ0v) is 8.80. The Hall–Kier alpha value is -1.65. The minimum absolute atomic E-state index is 0.220. The molecule has 0 radical (unpaired) electrons. The van der Waals surface area contributed by atoms with E-state index in [0.717, 1.165) is 11.0 Å². The molecule has 15 heavy (non-hydrogen) atoms. The van der Waals surface area contributed by atoms with Crippen LogP contribution in [0, 0.1) is 0 Å². The molecule has 0 bridgehead atoms. The molecule has 1 heterocycles. The van der Waals surface area contributed by atoms with E-state index >= 15 is 0 Å². The van der Waals surface area contributed by atoms with Gasteiger partial charge in [0.2, 0.25) is 0 Å². The van der Waals surface area contributed by atoms with Gasteiger partial charge in [0, 0.05) is 6.07 Å². The average Bonchev–Trinajstić information content (AvgIpc) is 2.19. The summed E-state index contributed by atoms with van der Waals surface area (Å²) in [6.45, 7) is 3.64. The number of carbonyl (C=O) groups is 1. The van der Waals surface area contributed by atoms with E-state index in [1.165, 1.54) is 12.4 Å². The fourth-order valence-corrected chi connectivity index (χ4v) is 1.18. The second-order valence-electron chi connectivity index (χ2n) is 3.48. The topological polar surface area (TPSA) is 72.2 Å². The van der Waals surface area contributed by atoms with Crippen molar-refractivity contribution in [3.05, 3.63) is 28.4 Å². The number of hydrogen-bond donors (Lipinski definition) is 1. The highest BCUT2D eigenvalue weighted by atomic mass is 16.4. The first-order valence-corrected chi connectivity index (χ1v) is 4.82. The van der Waals surface area contributed by atoms with Crippen molar-refractivity contribution < 1.29 is 9.90 Å². The molecule has 0 saturated heterocycles. The van der Waals surface area contributed by atoms with Crippen molar-refractivity contribution in [3.8, 4) is 0 Å². The normalized spacial score (nSPS) is 12.4. The Balaban J connectivity index is 2.98. The molecule has 1 N–H and O–H groups in total. The molecule has 0 unspecified atom stereocenters. The van der Waals surface area contributed by atoms with Gasteiger partial charge in [-0.25, -0.2) is 4.98 Å². The van der Waals surface area contributed by atoms with Crippen LogP contribution in [0.4, 0.5) is 0 Å². The predicted molar refractivity (Wildman–Crippen MR) is 54.8 cm³/mol. The molecule has 1 aromatic rings. The number of rotatable bonds is 4. The molecule has 82 valence electrons. The third kappa shape index (κ3) is 2.90. The number of nitrogens with zero attached hydrogens (tertiary/aromatic N) is 2. The average molecular weight is 210 g/mol. The van der Waals surface area contributed by atoms with E-state index < -0.39 is 5.97 Å². The van der Waals surface area contributed by atoms with Crippen LogP contribution < -0.4 is 5.56 Å². The monoisotopic (exact) mass is 210 g/mol. The Labute approximate surface area is 87.4 Å². The van der Waals surface area contributed by atoms with E-state index in [1.807, 2.05) is 13.8 Å². The lowest BCUT2D eigenvalue weighted by atomic mass is 10.1. The van der Waals surface area contributed by atoms with Crippen LogP contribution in [0.3, 0.4) is 0 Å². The van der Waals surface area contributed by atoms with Gasteiger partial charge in [0.1, 0.15) is 6.54 Å². The van der Waals surface area contributed by atoms with Crippen LogP contribution in [0.1, 0.15) is 31.9 Å². The van der Waals surface area contributed by atoms with E-state index in [9.17, 15) is 9.59 Å². The van der Waals surface area contributed by atoms with Gasteiger partial charge >= 0.3 is 5.97 Å². The van der Waals surface area contributed by atoms with Gasteiger partial charge in [-0.05, 0) is 12.3 Å². The summed E-state index contributed by atoms with van der Waals surface area (Å²) in [6.07, 6.45) is 2.19. The summed E-state index contributed by atoms with van der Waals surface area (Å²) >= 11 is 0.